The minimum atomic E-state index is -1.17. The van der Waals surface area contributed by atoms with Gasteiger partial charge < -0.3 is 35.4 Å². The van der Waals surface area contributed by atoms with Gasteiger partial charge in [-0.05, 0) is 72.7 Å². The molecule has 1 heterocycles. The summed E-state index contributed by atoms with van der Waals surface area (Å²) in [5, 5.41) is 18.2. The highest BCUT2D eigenvalue weighted by molar-refractivity contribution is 6.10. The zero-order chi connectivity index (χ0) is 37.4. The van der Waals surface area contributed by atoms with E-state index in [2.05, 4.69) is 16.0 Å². The van der Waals surface area contributed by atoms with Crippen LogP contribution < -0.4 is 25.4 Å². The Morgan fingerprint density at radius 1 is 0.846 bits per heavy atom. The Labute approximate surface area is 303 Å². The van der Waals surface area contributed by atoms with Crippen LogP contribution in [0.1, 0.15) is 76.0 Å². The van der Waals surface area contributed by atoms with E-state index >= 15 is 0 Å². The van der Waals surface area contributed by atoms with Gasteiger partial charge in [0.2, 0.25) is 5.91 Å². The smallest absolute Gasteiger partial charge is 0.328 e. The van der Waals surface area contributed by atoms with E-state index in [4.69, 9.17) is 9.47 Å². The van der Waals surface area contributed by atoms with E-state index < -0.39 is 53.9 Å². The largest absolute Gasteiger partial charge is 0.493 e. The molecule has 0 radical (unpaired) electrons. The molecule has 276 valence electrons. The molecule has 1 unspecified atom stereocenters. The number of carboxylic acid groups (broad SMARTS) is 1. The fourth-order valence-electron chi connectivity index (χ4n) is 7.09. The lowest BCUT2D eigenvalue weighted by atomic mass is 9.80. The Bertz CT molecular complexity index is 1760. The second kappa shape index (κ2) is 16.6. The molecule has 13 nitrogen and oxygen atoms in total. The summed E-state index contributed by atoms with van der Waals surface area (Å²) in [6.07, 6.45) is 3.12. The van der Waals surface area contributed by atoms with Crippen molar-refractivity contribution in [2.24, 2.45) is 5.92 Å². The number of anilines is 2. The molecule has 13 heteroatoms. The summed E-state index contributed by atoms with van der Waals surface area (Å²) < 4.78 is 10.7. The summed E-state index contributed by atoms with van der Waals surface area (Å²) in [6.45, 7) is 3.93. The highest BCUT2D eigenvalue weighted by Crippen LogP contribution is 2.43. The summed E-state index contributed by atoms with van der Waals surface area (Å²) in [5.74, 6) is -1.44. The van der Waals surface area contributed by atoms with Gasteiger partial charge in [-0.2, -0.15) is 0 Å². The van der Waals surface area contributed by atoms with E-state index in [9.17, 15) is 29.1 Å². The van der Waals surface area contributed by atoms with Gasteiger partial charge in [-0.3, -0.25) is 14.4 Å². The number of amides is 6. The lowest BCUT2D eigenvalue weighted by molar-refractivity contribution is -0.142. The third-order valence-electron chi connectivity index (χ3n) is 9.65. The predicted molar refractivity (Wildman–Crippen MR) is 195 cm³/mol. The number of urea groups is 2. The normalized spacial score (nSPS) is 16.4. The molecule has 1 aliphatic heterocycles. The van der Waals surface area contributed by atoms with Crippen LogP contribution >= 0.6 is 0 Å². The number of para-hydroxylation sites is 1. The number of ether oxygens (including phenoxy) is 2. The number of aliphatic carboxylic acids is 1. The van der Waals surface area contributed by atoms with E-state index in [1.807, 2.05) is 32.0 Å². The van der Waals surface area contributed by atoms with Crippen LogP contribution in [0, 0.1) is 5.92 Å². The van der Waals surface area contributed by atoms with Crippen molar-refractivity contribution >= 4 is 41.2 Å². The zero-order valence-corrected chi connectivity index (χ0v) is 30.0. The van der Waals surface area contributed by atoms with Gasteiger partial charge in [0.05, 0.1) is 26.7 Å². The maximum atomic E-state index is 14.5. The summed E-state index contributed by atoms with van der Waals surface area (Å²) >= 11 is 0. The Balaban J connectivity index is 1.39. The number of rotatable bonds is 14. The van der Waals surface area contributed by atoms with Crippen LogP contribution in [0.3, 0.4) is 0 Å². The van der Waals surface area contributed by atoms with Crippen LogP contribution in [0.5, 0.6) is 11.5 Å². The maximum Gasteiger partial charge on any atom is 0.328 e. The summed E-state index contributed by atoms with van der Waals surface area (Å²) in [5.41, 5.74) is 1.31. The molecule has 3 aromatic carbocycles. The lowest BCUT2D eigenvalue weighted by Gasteiger charge is -2.38. The Morgan fingerprint density at radius 3 is 2.08 bits per heavy atom. The fraction of sp³-hybridized carbons (Fsp3) is 0.410. The molecule has 5 rings (SSSR count). The van der Waals surface area contributed by atoms with Gasteiger partial charge in [-0.25, -0.2) is 14.5 Å². The van der Waals surface area contributed by atoms with Crippen molar-refractivity contribution in [2.45, 2.75) is 83.0 Å². The molecule has 0 bridgehead atoms. The number of hydrogen-bond acceptors (Lipinski definition) is 7. The van der Waals surface area contributed by atoms with E-state index in [1.165, 1.54) is 14.2 Å². The standard InChI is InChI=1S/C39H47N5O8/c1-25(2)21-31(35(47)42-30(23-34(45)46)27-15-18-32(51-3)33(22-27)52-4)44-36(48)39(19-9-6-10-20-39)43(38(44)50)24-26-13-16-29(17-14-26)41-37(49)40-28-11-7-5-8-12-28/h5,7-8,11-18,22,25,30-31H,6,9-10,19-21,23-24H2,1-4H3,(H,42,47)(H,45,46)(H2,40,41,49)/t30?,31-/m0/s1. The van der Waals surface area contributed by atoms with Crippen molar-refractivity contribution in [3.05, 3.63) is 83.9 Å². The van der Waals surface area contributed by atoms with Gasteiger partial charge >= 0.3 is 18.0 Å². The number of carboxylic acids is 1. The third-order valence-corrected chi connectivity index (χ3v) is 9.65. The number of carbonyl (C=O) groups excluding carboxylic acids is 4. The summed E-state index contributed by atoms with van der Waals surface area (Å²) in [4.78, 5) is 70.4. The highest BCUT2D eigenvalue weighted by Gasteiger charge is 2.59. The second-order valence-corrected chi connectivity index (χ2v) is 13.7. The first-order chi connectivity index (χ1) is 24.9. The molecular weight excluding hydrogens is 666 g/mol. The van der Waals surface area contributed by atoms with Crippen LogP contribution in [0.25, 0.3) is 0 Å². The van der Waals surface area contributed by atoms with Crippen molar-refractivity contribution < 1.29 is 38.6 Å². The molecule has 2 aliphatic rings. The van der Waals surface area contributed by atoms with Crippen LogP contribution in [0.2, 0.25) is 0 Å². The van der Waals surface area contributed by atoms with Crippen molar-refractivity contribution in [1.29, 1.82) is 0 Å². The molecule has 1 aliphatic carbocycles. The molecule has 1 saturated heterocycles. The van der Waals surface area contributed by atoms with Gasteiger partial charge in [-0.1, -0.05) is 69.5 Å². The van der Waals surface area contributed by atoms with Crippen molar-refractivity contribution in [1.82, 2.24) is 15.1 Å². The van der Waals surface area contributed by atoms with Crippen molar-refractivity contribution in [3.8, 4) is 11.5 Å². The Hall–Kier alpha value is -5.59. The van der Waals surface area contributed by atoms with Crippen molar-refractivity contribution in [3.63, 3.8) is 0 Å². The van der Waals surface area contributed by atoms with E-state index in [0.29, 0.717) is 41.3 Å². The van der Waals surface area contributed by atoms with Crippen LogP contribution in [0.4, 0.5) is 21.0 Å². The van der Waals surface area contributed by atoms with Gasteiger partial charge in [0.15, 0.2) is 11.5 Å². The highest BCUT2D eigenvalue weighted by atomic mass is 16.5. The molecule has 6 amide bonds. The topological polar surface area (TPSA) is 167 Å². The van der Waals surface area contributed by atoms with Gasteiger partial charge in [0.25, 0.3) is 5.91 Å². The average Bonchev–Trinajstić information content (AvgIpc) is 3.31. The van der Waals surface area contributed by atoms with Crippen molar-refractivity contribution in [2.75, 3.05) is 24.9 Å². The second-order valence-electron chi connectivity index (χ2n) is 13.7. The minimum absolute atomic E-state index is 0.0779. The Morgan fingerprint density at radius 2 is 1.48 bits per heavy atom. The SMILES string of the molecule is COc1ccc(C(CC(=O)O)NC(=O)[C@H](CC(C)C)N2C(=O)N(Cc3ccc(NC(=O)Nc4ccccc4)cc3)C3(CCCCC3)C2=O)cc1OC. The van der Waals surface area contributed by atoms with E-state index in [0.717, 1.165) is 29.7 Å². The number of nitrogens with one attached hydrogen (secondary N) is 3. The van der Waals surface area contributed by atoms with Crippen LogP contribution in [-0.4, -0.2) is 70.6 Å². The molecule has 52 heavy (non-hydrogen) atoms. The molecule has 1 spiro atoms. The number of imide groups is 1. The van der Waals surface area contributed by atoms with Crippen LogP contribution in [-0.2, 0) is 20.9 Å². The Kier molecular flexibility index (Phi) is 12.0. The monoisotopic (exact) mass is 713 g/mol. The molecule has 0 aromatic heterocycles. The summed E-state index contributed by atoms with van der Waals surface area (Å²) in [7, 11) is 2.94. The first-order valence-electron chi connectivity index (χ1n) is 17.6. The first-order valence-corrected chi connectivity index (χ1v) is 17.6. The first kappa shape index (κ1) is 37.7. The fourth-order valence-corrected chi connectivity index (χ4v) is 7.09. The van der Waals surface area contributed by atoms with Gasteiger partial charge in [0, 0.05) is 17.9 Å². The molecule has 1 saturated carbocycles. The van der Waals surface area contributed by atoms with E-state index in [1.54, 1.807) is 59.5 Å². The average molecular weight is 714 g/mol. The predicted octanol–water partition coefficient (Wildman–Crippen LogP) is 6.56. The molecule has 3 aromatic rings. The number of hydrogen-bond donors (Lipinski definition) is 4. The number of carbonyl (C=O) groups is 5. The quantitative estimate of drug-likeness (QED) is 0.136. The van der Waals surface area contributed by atoms with Gasteiger partial charge in [-0.15, -0.1) is 0 Å². The summed E-state index contributed by atoms with van der Waals surface area (Å²) in [6, 6.07) is 17.9. The zero-order valence-electron chi connectivity index (χ0n) is 30.0. The molecule has 4 N–H and O–H groups in total. The van der Waals surface area contributed by atoms with E-state index in [-0.39, 0.29) is 18.9 Å². The third kappa shape index (κ3) is 8.47. The number of methoxy groups -OCH3 is 2. The molecule has 2 atom stereocenters. The number of benzene rings is 3. The van der Waals surface area contributed by atoms with Crippen LogP contribution in [0.15, 0.2) is 72.8 Å². The number of nitrogens with zero attached hydrogens (tertiary/aromatic N) is 2. The lowest BCUT2D eigenvalue weighted by Crippen LogP contribution is -2.53. The minimum Gasteiger partial charge on any atom is -0.493 e. The van der Waals surface area contributed by atoms with Gasteiger partial charge in [0.1, 0.15) is 11.6 Å². The maximum absolute atomic E-state index is 14.5. The molecular formula is C39H47N5O8. The molecule has 2 fully saturated rings.